The topological polar surface area (TPSA) is 69.2 Å². The minimum absolute atomic E-state index is 0.0818. The van der Waals surface area contributed by atoms with E-state index in [9.17, 15) is 4.79 Å². The molecule has 1 aliphatic heterocycles. The van der Waals surface area contributed by atoms with Crippen LogP contribution in [-0.4, -0.2) is 31.9 Å². The molecule has 0 aromatic heterocycles. The van der Waals surface area contributed by atoms with Crippen molar-refractivity contribution in [2.24, 2.45) is 5.10 Å². The van der Waals surface area contributed by atoms with E-state index in [1.165, 1.54) is 5.56 Å². The van der Waals surface area contributed by atoms with Gasteiger partial charge in [-0.2, -0.15) is 5.10 Å². The Labute approximate surface area is 159 Å². The summed E-state index contributed by atoms with van der Waals surface area (Å²) in [6.45, 7) is 7.42. The Kier molecular flexibility index (Phi) is 5.64. The van der Waals surface area contributed by atoms with Crippen molar-refractivity contribution in [2.45, 2.75) is 26.2 Å². The summed E-state index contributed by atoms with van der Waals surface area (Å²) in [7, 11) is 0. The first-order valence-corrected chi connectivity index (χ1v) is 8.87. The fraction of sp³-hybridized carbons (Fsp3) is 0.333. The third-order valence-corrected chi connectivity index (χ3v) is 4.06. The summed E-state index contributed by atoms with van der Waals surface area (Å²) >= 11 is 0. The number of nitrogens with zero attached hydrogens (tertiary/aromatic N) is 1. The molecule has 0 bridgehead atoms. The van der Waals surface area contributed by atoms with Crippen LogP contribution in [-0.2, 0) is 10.2 Å². The standard InChI is InChI=1S/C21H24N2O4/c1-21(2,3)16-5-7-17(8-6-16)27-14-20(24)23-22-13-15-4-9-18-19(12-15)26-11-10-25-18/h4-9,12-13H,10-11,14H2,1-3H3,(H,23,24)/b22-13-. The monoisotopic (exact) mass is 368 g/mol. The van der Waals surface area contributed by atoms with Crippen molar-refractivity contribution in [1.82, 2.24) is 5.43 Å². The normalized spacial score (nSPS) is 13.4. The molecule has 6 nitrogen and oxygen atoms in total. The van der Waals surface area contributed by atoms with E-state index in [1.807, 2.05) is 42.5 Å². The second kappa shape index (κ2) is 8.12. The molecule has 0 saturated heterocycles. The molecule has 3 rings (SSSR count). The van der Waals surface area contributed by atoms with Gasteiger partial charge in [-0.15, -0.1) is 0 Å². The van der Waals surface area contributed by atoms with Crippen LogP contribution in [0.2, 0.25) is 0 Å². The highest BCUT2D eigenvalue weighted by molar-refractivity contribution is 5.83. The number of benzene rings is 2. The summed E-state index contributed by atoms with van der Waals surface area (Å²) in [6, 6.07) is 13.2. The molecular formula is C21H24N2O4. The van der Waals surface area contributed by atoms with Crippen LogP contribution in [0.15, 0.2) is 47.6 Å². The Hall–Kier alpha value is -3.02. The summed E-state index contributed by atoms with van der Waals surface area (Å²) < 4.78 is 16.5. The zero-order valence-electron chi connectivity index (χ0n) is 15.8. The Balaban J connectivity index is 1.47. The molecule has 0 radical (unpaired) electrons. The first-order chi connectivity index (χ1) is 12.9. The van der Waals surface area contributed by atoms with Gasteiger partial charge in [0.15, 0.2) is 18.1 Å². The number of hydrazone groups is 1. The van der Waals surface area contributed by atoms with E-state index in [0.29, 0.717) is 30.5 Å². The number of fused-ring (bicyclic) bond motifs is 1. The van der Waals surface area contributed by atoms with E-state index in [4.69, 9.17) is 14.2 Å². The van der Waals surface area contributed by atoms with E-state index < -0.39 is 0 Å². The highest BCUT2D eigenvalue weighted by Crippen LogP contribution is 2.30. The van der Waals surface area contributed by atoms with Crippen LogP contribution < -0.4 is 19.6 Å². The molecule has 6 heteroatoms. The smallest absolute Gasteiger partial charge is 0.277 e. The number of nitrogens with one attached hydrogen (secondary N) is 1. The summed E-state index contributed by atoms with van der Waals surface area (Å²) in [5.74, 6) is 1.71. The third kappa shape index (κ3) is 5.23. The summed E-state index contributed by atoms with van der Waals surface area (Å²) in [6.07, 6.45) is 1.55. The number of rotatable bonds is 5. The van der Waals surface area contributed by atoms with Crippen molar-refractivity contribution in [1.29, 1.82) is 0 Å². The van der Waals surface area contributed by atoms with Crippen molar-refractivity contribution < 1.29 is 19.0 Å². The van der Waals surface area contributed by atoms with Crippen molar-refractivity contribution in [3.8, 4) is 17.2 Å². The number of hydrogen-bond donors (Lipinski definition) is 1. The van der Waals surface area contributed by atoms with Gasteiger partial charge < -0.3 is 14.2 Å². The number of hydrogen-bond acceptors (Lipinski definition) is 5. The van der Waals surface area contributed by atoms with Gasteiger partial charge in [0.05, 0.1) is 6.21 Å². The SMILES string of the molecule is CC(C)(C)c1ccc(OCC(=O)N/N=C\c2ccc3c(c2)OCCO3)cc1. The highest BCUT2D eigenvalue weighted by atomic mass is 16.6. The molecule has 0 aliphatic carbocycles. The van der Waals surface area contributed by atoms with Crippen molar-refractivity contribution >= 4 is 12.1 Å². The van der Waals surface area contributed by atoms with E-state index >= 15 is 0 Å². The lowest BCUT2D eigenvalue weighted by Crippen LogP contribution is -2.24. The van der Waals surface area contributed by atoms with Crippen LogP contribution >= 0.6 is 0 Å². The minimum atomic E-state index is -0.330. The molecule has 1 N–H and O–H groups in total. The van der Waals surface area contributed by atoms with Crippen LogP contribution in [0.4, 0.5) is 0 Å². The molecule has 1 heterocycles. The fourth-order valence-electron chi connectivity index (χ4n) is 2.55. The number of carbonyl (C=O) groups is 1. The zero-order chi connectivity index (χ0) is 19.3. The maximum atomic E-state index is 11.9. The zero-order valence-corrected chi connectivity index (χ0v) is 15.8. The molecule has 142 valence electrons. The van der Waals surface area contributed by atoms with E-state index in [-0.39, 0.29) is 17.9 Å². The lowest BCUT2D eigenvalue weighted by atomic mass is 9.87. The Morgan fingerprint density at radius 2 is 1.81 bits per heavy atom. The minimum Gasteiger partial charge on any atom is -0.486 e. The predicted molar refractivity (Wildman–Crippen MR) is 104 cm³/mol. The van der Waals surface area contributed by atoms with Gasteiger partial charge in [0, 0.05) is 0 Å². The molecule has 0 saturated carbocycles. The number of ether oxygens (including phenoxy) is 3. The van der Waals surface area contributed by atoms with Gasteiger partial charge in [0.1, 0.15) is 19.0 Å². The molecule has 1 amide bonds. The highest BCUT2D eigenvalue weighted by Gasteiger charge is 2.13. The van der Waals surface area contributed by atoms with Crippen LogP contribution in [0, 0.1) is 0 Å². The average Bonchev–Trinajstić information content (AvgIpc) is 2.66. The molecule has 2 aromatic carbocycles. The summed E-state index contributed by atoms with van der Waals surface area (Å²) in [5, 5.41) is 3.95. The quantitative estimate of drug-likeness (QED) is 0.650. The molecular weight excluding hydrogens is 344 g/mol. The average molecular weight is 368 g/mol. The molecule has 0 unspecified atom stereocenters. The lowest BCUT2D eigenvalue weighted by molar-refractivity contribution is -0.123. The van der Waals surface area contributed by atoms with Gasteiger partial charge in [-0.3, -0.25) is 4.79 Å². The predicted octanol–water partition coefficient (Wildman–Crippen LogP) is 3.28. The van der Waals surface area contributed by atoms with Crippen LogP contribution in [0.5, 0.6) is 17.2 Å². The van der Waals surface area contributed by atoms with Gasteiger partial charge in [0.2, 0.25) is 0 Å². The summed E-state index contributed by atoms with van der Waals surface area (Å²) in [4.78, 5) is 11.9. The third-order valence-electron chi connectivity index (χ3n) is 4.06. The van der Waals surface area contributed by atoms with Gasteiger partial charge in [0.25, 0.3) is 5.91 Å². The molecule has 0 atom stereocenters. The maximum Gasteiger partial charge on any atom is 0.277 e. The lowest BCUT2D eigenvalue weighted by Gasteiger charge is -2.19. The van der Waals surface area contributed by atoms with Crippen molar-refractivity contribution in [2.75, 3.05) is 19.8 Å². The van der Waals surface area contributed by atoms with Gasteiger partial charge >= 0.3 is 0 Å². The first-order valence-electron chi connectivity index (χ1n) is 8.87. The van der Waals surface area contributed by atoms with Crippen LogP contribution in [0.25, 0.3) is 0 Å². The van der Waals surface area contributed by atoms with E-state index in [0.717, 1.165) is 5.56 Å². The van der Waals surface area contributed by atoms with Crippen LogP contribution in [0.3, 0.4) is 0 Å². The van der Waals surface area contributed by atoms with Gasteiger partial charge in [-0.05, 0) is 46.9 Å². The van der Waals surface area contributed by atoms with E-state index in [1.54, 1.807) is 6.21 Å². The Morgan fingerprint density at radius 1 is 1.11 bits per heavy atom. The van der Waals surface area contributed by atoms with E-state index in [2.05, 4.69) is 31.3 Å². The molecule has 27 heavy (non-hydrogen) atoms. The molecule has 0 fully saturated rings. The first kappa shape index (κ1) is 18.8. The van der Waals surface area contributed by atoms with Crippen molar-refractivity contribution in [3.05, 3.63) is 53.6 Å². The van der Waals surface area contributed by atoms with Gasteiger partial charge in [-0.1, -0.05) is 32.9 Å². The number of carbonyl (C=O) groups excluding carboxylic acids is 1. The Bertz CT molecular complexity index is 823. The summed E-state index contributed by atoms with van der Waals surface area (Å²) in [5.41, 5.74) is 4.55. The molecule has 2 aromatic rings. The van der Waals surface area contributed by atoms with Crippen LogP contribution in [0.1, 0.15) is 31.9 Å². The fourth-order valence-corrected chi connectivity index (χ4v) is 2.55. The second-order valence-electron chi connectivity index (χ2n) is 7.26. The Morgan fingerprint density at radius 3 is 2.52 bits per heavy atom. The molecule has 1 aliphatic rings. The molecule has 0 spiro atoms. The maximum absolute atomic E-state index is 11.9. The van der Waals surface area contributed by atoms with Gasteiger partial charge in [-0.25, -0.2) is 5.43 Å². The largest absolute Gasteiger partial charge is 0.486 e. The number of amides is 1. The second-order valence-corrected chi connectivity index (χ2v) is 7.26. The van der Waals surface area contributed by atoms with Crippen molar-refractivity contribution in [3.63, 3.8) is 0 Å².